The van der Waals surface area contributed by atoms with Crippen molar-refractivity contribution in [1.29, 1.82) is 0 Å². The molecule has 1 unspecified atom stereocenters. The molecule has 7 nitrogen and oxygen atoms in total. The van der Waals surface area contributed by atoms with E-state index in [0.29, 0.717) is 30.2 Å². The quantitative estimate of drug-likeness (QED) is 0.777. The van der Waals surface area contributed by atoms with Gasteiger partial charge in [-0.05, 0) is 6.92 Å². The Morgan fingerprint density at radius 1 is 1.43 bits per heavy atom. The fraction of sp³-hybridized carbons (Fsp3) is 0.643. The molecule has 1 amide bonds. The Balaban J connectivity index is 2.33. The molecule has 2 heterocycles. The van der Waals surface area contributed by atoms with Crippen molar-refractivity contribution in [2.75, 3.05) is 26.9 Å². The predicted octanol–water partition coefficient (Wildman–Crippen LogP) is 1.12. The molecule has 7 heteroatoms. The number of nitrogens with zero attached hydrogens (tertiary/aromatic N) is 2. The van der Waals surface area contributed by atoms with E-state index in [9.17, 15) is 9.59 Å². The minimum Gasteiger partial charge on any atom is -0.467 e. The third kappa shape index (κ3) is 2.92. The monoisotopic (exact) mass is 296 g/mol. The zero-order valence-electron chi connectivity index (χ0n) is 12.7. The van der Waals surface area contributed by atoms with E-state index in [1.807, 2.05) is 13.8 Å². The lowest BCUT2D eigenvalue weighted by molar-refractivity contribution is -0.151. The van der Waals surface area contributed by atoms with Gasteiger partial charge in [-0.25, -0.2) is 4.79 Å². The molecular weight excluding hydrogens is 276 g/mol. The van der Waals surface area contributed by atoms with Gasteiger partial charge in [0, 0.05) is 12.5 Å². The van der Waals surface area contributed by atoms with Crippen LogP contribution in [-0.2, 0) is 14.3 Å². The van der Waals surface area contributed by atoms with Crippen LogP contribution in [0.5, 0.6) is 0 Å². The van der Waals surface area contributed by atoms with Crippen LogP contribution >= 0.6 is 0 Å². The highest BCUT2D eigenvalue weighted by molar-refractivity contribution is 5.98. The molecule has 2 rings (SSSR count). The second kappa shape index (κ2) is 6.26. The van der Waals surface area contributed by atoms with Crippen LogP contribution < -0.4 is 0 Å². The SMILES string of the molecule is COC(=O)C1COCCN1C(=O)c1c(C)noc1C(C)C. The van der Waals surface area contributed by atoms with E-state index in [4.69, 9.17) is 14.0 Å². The van der Waals surface area contributed by atoms with Crippen LogP contribution in [0.1, 0.15) is 41.6 Å². The van der Waals surface area contributed by atoms with Gasteiger partial charge in [-0.2, -0.15) is 0 Å². The lowest BCUT2D eigenvalue weighted by atomic mass is 10.0. The van der Waals surface area contributed by atoms with Gasteiger partial charge < -0.3 is 18.9 Å². The van der Waals surface area contributed by atoms with Crippen LogP contribution in [0.2, 0.25) is 0 Å². The number of aryl methyl sites for hydroxylation is 1. The Morgan fingerprint density at radius 2 is 2.14 bits per heavy atom. The second-order valence-electron chi connectivity index (χ2n) is 5.27. The standard InChI is InChI=1S/C14H20N2O5/c1-8(2)12-11(9(3)15-21-12)13(17)16-5-6-20-7-10(16)14(18)19-4/h8,10H,5-7H2,1-4H3. The minimum atomic E-state index is -0.731. The number of aromatic nitrogens is 1. The first-order valence-electron chi connectivity index (χ1n) is 6.90. The van der Waals surface area contributed by atoms with E-state index >= 15 is 0 Å². The number of amides is 1. The third-order valence-corrected chi connectivity index (χ3v) is 3.49. The number of methoxy groups -OCH3 is 1. The number of rotatable bonds is 3. The van der Waals surface area contributed by atoms with Gasteiger partial charge in [-0.15, -0.1) is 0 Å². The minimum absolute atomic E-state index is 0.0303. The summed E-state index contributed by atoms with van der Waals surface area (Å²) in [5.41, 5.74) is 0.958. The van der Waals surface area contributed by atoms with Gasteiger partial charge in [0.05, 0.1) is 26.0 Å². The Kier molecular flexibility index (Phi) is 4.62. The number of carbonyl (C=O) groups is 2. The van der Waals surface area contributed by atoms with E-state index in [2.05, 4.69) is 5.16 Å². The first-order valence-corrected chi connectivity index (χ1v) is 6.90. The maximum absolute atomic E-state index is 12.8. The fourth-order valence-electron chi connectivity index (χ4n) is 2.36. The van der Waals surface area contributed by atoms with Crippen molar-refractivity contribution < 1.29 is 23.6 Å². The van der Waals surface area contributed by atoms with Crippen LogP contribution in [-0.4, -0.2) is 54.8 Å². The van der Waals surface area contributed by atoms with Crippen LogP contribution in [0.15, 0.2) is 4.52 Å². The molecule has 1 aromatic rings. The van der Waals surface area contributed by atoms with Crippen molar-refractivity contribution in [3.8, 4) is 0 Å². The van der Waals surface area contributed by atoms with E-state index in [1.54, 1.807) is 6.92 Å². The topological polar surface area (TPSA) is 81.9 Å². The summed E-state index contributed by atoms with van der Waals surface area (Å²) in [6.45, 7) is 6.43. The summed E-state index contributed by atoms with van der Waals surface area (Å²) >= 11 is 0. The molecule has 0 radical (unpaired) electrons. The maximum Gasteiger partial charge on any atom is 0.331 e. The van der Waals surface area contributed by atoms with Crippen LogP contribution in [0.25, 0.3) is 0 Å². The zero-order chi connectivity index (χ0) is 15.6. The van der Waals surface area contributed by atoms with E-state index in [0.717, 1.165) is 0 Å². The largest absolute Gasteiger partial charge is 0.467 e. The maximum atomic E-state index is 12.8. The van der Waals surface area contributed by atoms with Crippen molar-refractivity contribution in [2.24, 2.45) is 0 Å². The third-order valence-electron chi connectivity index (χ3n) is 3.49. The molecule has 1 fully saturated rings. The molecule has 0 aromatic carbocycles. The van der Waals surface area contributed by atoms with Crippen molar-refractivity contribution >= 4 is 11.9 Å². The Hall–Kier alpha value is -1.89. The molecule has 1 saturated heterocycles. The number of hydrogen-bond acceptors (Lipinski definition) is 6. The first kappa shape index (κ1) is 15.5. The summed E-state index contributed by atoms with van der Waals surface area (Å²) < 4.78 is 15.3. The Morgan fingerprint density at radius 3 is 2.76 bits per heavy atom. The first-order chi connectivity index (χ1) is 9.97. The highest BCUT2D eigenvalue weighted by atomic mass is 16.5. The number of carbonyl (C=O) groups excluding carboxylic acids is 2. The van der Waals surface area contributed by atoms with E-state index in [-0.39, 0.29) is 18.4 Å². The number of hydrogen-bond donors (Lipinski definition) is 0. The van der Waals surface area contributed by atoms with Gasteiger partial charge in [0.2, 0.25) is 0 Å². The normalized spacial score (nSPS) is 18.9. The molecular formula is C14H20N2O5. The molecule has 1 aromatic heterocycles. The van der Waals surface area contributed by atoms with Crippen molar-refractivity contribution in [3.05, 3.63) is 17.0 Å². The summed E-state index contributed by atoms with van der Waals surface area (Å²) in [5.74, 6) is -0.185. The summed E-state index contributed by atoms with van der Waals surface area (Å²) in [7, 11) is 1.30. The zero-order valence-corrected chi connectivity index (χ0v) is 12.7. The summed E-state index contributed by atoms with van der Waals surface area (Å²) in [6, 6.07) is -0.731. The molecule has 1 aliphatic rings. The molecule has 21 heavy (non-hydrogen) atoms. The fourth-order valence-corrected chi connectivity index (χ4v) is 2.36. The number of esters is 1. The summed E-state index contributed by atoms with van der Waals surface area (Å²) in [4.78, 5) is 26.1. The van der Waals surface area contributed by atoms with Gasteiger partial charge in [-0.3, -0.25) is 4.79 Å². The van der Waals surface area contributed by atoms with Gasteiger partial charge in [0.1, 0.15) is 5.56 Å². The average molecular weight is 296 g/mol. The molecule has 0 aliphatic carbocycles. The highest BCUT2D eigenvalue weighted by Crippen LogP contribution is 2.25. The smallest absolute Gasteiger partial charge is 0.331 e. The Bertz CT molecular complexity index is 537. The highest BCUT2D eigenvalue weighted by Gasteiger charge is 2.37. The molecule has 116 valence electrons. The molecule has 0 N–H and O–H groups in total. The second-order valence-corrected chi connectivity index (χ2v) is 5.27. The van der Waals surface area contributed by atoms with Gasteiger partial charge in [0.25, 0.3) is 5.91 Å². The summed E-state index contributed by atoms with van der Waals surface area (Å²) in [5, 5.41) is 3.87. The number of ether oxygens (including phenoxy) is 2. The van der Waals surface area contributed by atoms with Crippen LogP contribution in [0.3, 0.4) is 0 Å². The van der Waals surface area contributed by atoms with Gasteiger partial charge in [-0.1, -0.05) is 19.0 Å². The molecule has 1 aliphatic heterocycles. The molecule has 0 bridgehead atoms. The summed E-state index contributed by atoms with van der Waals surface area (Å²) in [6.07, 6.45) is 0. The van der Waals surface area contributed by atoms with Gasteiger partial charge >= 0.3 is 5.97 Å². The molecule has 1 atom stereocenters. The van der Waals surface area contributed by atoms with Gasteiger partial charge in [0.15, 0.2) is 11.8 Å². The van der Waals surface area contributed by atoms with Crippen LogP contribution in [0.4, 0.5) is 0 Å². The van der Waals surface area contributed by atoms with Crippen molar-refractivity contribution in [1.82, 2.24) is 10.1 Å². The number of morpholine rings is 1. The molecule has 0 spiro atoms. The molecule has 0 saturated carbocycles. The van der Waals surface area contributed by atoms with Crippen molar-refractivity contribution in [2.45, 2.75) is 32.7 Å². The van der Waals surface area contributed by atoms with Crippen LogP contribution in [0, 0.1) is 6.92 Å². The average Bonchev–Trinajstić information content (AvgIpc) is 2.87. The lowest BCUT2D eigenvalue weighted by Gasteiger charge is -2.33. The predicted molar refractivity (Wildman–Crippen MR) is 73.0 cm³/mol. The lowest BCUT2D eigenvalue weighted by Crippen LogP contribution is -2.53. The van der Waals surface area contributed by atoms with Crippen molar-refractivity contribution in [3.63, 3.8) is 0 Å². The Labute approximate surface area is 123 Å². The van der Waals surface area contributed by atoms with E-state index < -0.39 is 12.0 Å². The van der Waals surface area contributed by atoms with E-state index in [1.165, 1.54) is 12.0 Å².